The van der Waals surface area contributed by atoms with E-state index in [0.717, 1.165) is 6.54 Å². The number of hydrogen-bond donors (Lipinski definition) is 2. The molecule has 1 atom stereocenters. The molecule has 4 rings (SSSR count). The average Bonchev–Trinajstić information content (AvgIpc) is 2.68. The van der Waals surface area contributed by atoms with Gasteiger partial charge in [0.1, 0.15) is 11.5 Å². The summed E-state index contributed by atoms with van der Waals surface area (Å²) in [5, 5.41) is 10.3. The third kappa shape index (κ3) is 5.51. The molecule has 0 saturated carbocycles. The molecule has 1 aromatic rings. The second-order valence-corrected chi connectivity index (χ2v) is 6.59. The van der Waals surface area contributed by atoms with Crippen molar-refractivity contribution >= 4 is 11.9 Å². The van der Waals surface area contributed by atoms with Gasteiger partial charge in [-0.25, -0.2) is 4.79 Å². The number of methoxy groups -OCH3 is 2. The van der Waals surface area contributed by atoms with Crippen molar-refractivity contribution in [3.05, 3.63) is 23.8 Å². The van der Waals surface area contributed by atoms with E-state index in [1.54, 1.807) is 32.4 Å². The van der Waals surface area contributed by atoms with Gasteiger partial charge in [0.05, 0.1) is 19.8 Å². The fourth-order valence-corrected chi connectivity index (χ4v) is 3.37. The summed E-state index contributed by atoms with van der Waals surface area (Å²) in [4.78, 5) is 23.9. The molecule has 0 spiro atoms. The molecule has 3 aliphatic rings. The van der Waals surface area contributed by atoms with Crippen LogP contribution in [0, 0.1) is 5.92 Å². The molecular weight excluding hydrogens is 381 g/mol. The Morgan fingerprint density at radius 1 is 1.18 bits per heavy atom. The lowest BCUT2D eigenvalue weighted by atomic mass is 9.84. The molecule has 156 valence electrons. The molecule has 0 radical (unpaired) electrons. The minimum absolute atomic E-state index is 0.0792. The number of carbonyl (C=O) groups excluding carboxylic acids is 1. The molecular formula is C18H23F3N2O5. The third-order valence-corrected chi connectivity index (χ3v) is 4.87. The van der Waals surface area contributed by atoms with Gasteiger partial charge in [0, 0.05) is 12.6 Å². The maximum Gasteiger partial charge on any atom is 0.490 e. The van der Waals surface area contributed by atoms with Crippen molar-refractivity contribution in [2.24, 2.45) is 5.92 Å². The third-order valence-electron chi connectivity index (χ3n) is 4.87. The second-order valence-electron chi connectivity index (χ2n) is 6.59. The molecule has 3 saturated heterocycles. The molecule has 28 heavy (non-hydrogen) atoms. The van der Waals surface area contributed by atoms with Gasteiger partial charge < -0.3 is 24.8 Å². The maximum atomic E-state index is 12.6. The zero-order valence-electron chi connectivity index (χ0n) is 15.6. The standard InChI is InChI=1S/C16H22N2O3.C2HF3O2/c1-20-12-3-4-15(21-2)13(9-12)16(19)17-14-10-18-7-5-11(14)6-8-18;3-2(4,5)1(6)7/h3-4,9,11,14H,5-8,10H2,1-2H3,(H,17,19);(H,6,7)/t14-;/m1./s1. The minimum atomic E-state index is -5.08. The zero-order chi connectivity index (χ0) is 20.9. The number of benzene rings is 1. The summed E-state index contributed by atoms with van der Waals surface area (Å²) >= 11 is 0. The summed E-state index contributed by atoms with van der Waals surface area (Å²) < 4.78 is 42.2. The molecule has 1 aromatic carbocycles. The molecule has 0 unspecified atom stereocenters. The van der Waals surface area contributed by atoms with Crippen LogP contribution < -0.4 is 14.8 Å². The summed E-state index contributed by atoms with van der Waals surface area (Å²) in [6, 6.07) is 5.54. The van der Waals surface area contributed by atoms with E-state index in [2.05, 4.69) is 10.2 Å². The highest BCUT2D eigenvalue weighted by atomic mass is 19.4. The Labute approximate surface area is 160 Å². The first kappa shape index (κ1) is 21.8. The number of fused-ring (bicyclic) bond motifs is 3. The summed E-state index contributed by atoms with van der Waals surface area (Å²) in [5.41, 5.74) is 0.535. The number of piperidine rings is 3. The Hall–Kier alpha value is -2.49. The highest BCUT2D eigenvalue weighted by Crippen LogP contribution is 2.29. The first-order valence-corrected chi connectivity index (χ1v) is 8.71. The molecule has 0 aliphatic carbocycles. The van der Waals surface area contributed by atoms with Crippen molar-refractivity contribution in [1.29, 1.82) is 0 Å². The van der Waals surface area contributed by atoms with Crippen molar-refractivity contribution < 1.29 is 37.3 Å². The minimum Gasteiger partial charge on any atom is -0.497 e. The Morgan fingerprint density at radius 2 is 1.79 bits per heavy atom. The maximum absolute atomic E-state index is 12.6. The van der Waals surface area contributed by atoms with Crippen LogP contribution in [0.3, 0.4) is 0 Å². The van der Waals surface area contributed by atoms with Gasteiger partial charge in [0.25, 0.3) is 5.91 Å². The number of nitrogens with zero attached hydrogens (tertiary/aromatic N) is 1. The number of nitrogens with one attached hydrogen (secondary N) is 1. The van der Waals surface area contributed by atoms with E-state index in [4.69, 9.17) is 19.4 Å². The van der Waals surface area contributed by atoms with Crippen LogP contribution in [-0.2, 0) is 4.79 Å². The van der Waals surface area contributed by atoms with Crippen molar-refractivity contribution in [3.63, 3.8) is 0 Å². The number of carboxylic acid groups (broad SMARTS) is 1. The summed E-state index contributed by atoms with van der Waals surface area (Å²) in [6.07, 6.45) is -2.72. The Bertz CT molecular complexity index is 703. The van der Waals surface area contributed by atoms with Gasteiger partial charge in [-0.05, 0) is 50.0 Å². The van der Waals surface area contributed by atoms with Crippen LogP contribution in [-0.4, -0.2) is 68.0 Å². The van der Waals surface area contributed by atoms with Gasteiger partial charge in [-0.2, -0.15) is 13.2 Å². The number of carbonyl (C=O) groups is 2. The molecule has 2 N–H and O–H groups in total. The van der Waals surface area contributed by atoms with Crippen molar-refractivity contribution in [2.45, 2.75) is 25.1 Å². The van der Waals surface area contributed by atoms with Gasteiger partial charge >= 0.3 is 12.1 Å². The molecule has 3 aliphatic heterocycles. The predicted octanol–water partition coefficient (Wildman–Crippen LogP) is 2.16. The van der Waals surface area contributed by atoms with Crippen LogP contribution in [0.25, 0.3) is 0 Å². The first-order valence-electron chi connectivity index (χ1n) is 8.71. The normalized spacial score (nSPS) is 23.2. The van der Waals surface area contributed by atoms with Crippen LogP contribution in [0.15, 0.2) is 18.2 Å². The number of alkyl halides is 3. The lowest BCUT2D eigenvalue weighted by Gasteiger charge is -2.44. The van der Waals surface area contributed by atoms with Crippen molar-refractivity contribution in [3.8, 4) is 11.5 Å². The summed E-state index contributed by atoms with van der Waals surface area (Å²) in [7, 11) is 3.17. The Balaban J connectivity index is 0.000000345. The Morgan fingerprint density at radius 3 is 2.21 bits per heavy atom. The first-order chi connectivity index (χ1) is 13.2. The second kappa shape index (κ2) is 9.13. The number of rotatable bonds is 4. The highest BCUT2D eigenvalue weighted by molar-refractivity contribution is 5.97. The van der Waals surface area contributed by atoms with E-state index < -0.39 is 12.1 Å². The lowest BCUT2D eigenvalue weighted by molar-refractivity contribution is -0.192. The largest absolute Gasteiger partial charge is 0.497 e. The molecule has 2 bridgehead atoms. The van der Waals surface area contributed by atoms with Gasteiger partial charge in [-0.15, -0.1) is 0 Å². The van der Waals surface area contributed by atoms with E-state index in [-0.39, 0.29) is 11.9 Å². The van der Waals surface area contributed by atoms with Crippen LogP contribution in [0.1, 0.15) is 23.2 Å². The van der Waals surface area contributed by atoms with E-state index in [0.29, 0.717) is 23.0 Å². The lowest BCUT2D eigenvalue weighted by Crippen LogP contribution is -2.57. The van der Waals surface area contributed by atoms with E-state index in [1.165, 1.54) is 25.9 Å². The smallest absolute Gasteiger partial charge is 0.490 e. The predicted molar refractivity (Wildman–Crippen MR) is 93.7 cm³/mol. The number of aliphatic carboxylic acids is 1. The van der Waals surface area contributed by atoms with Crippen molar-refractivity contribution in [2.75, 3.05) is 33.9 Å². The van der Waals surface area contributed by atoms with Gasteiger partial charge in [0.15, 0.2) is 0 Å². The number of hydrogen-bond acceptors (Lipinski definition) is 5. The quantitative estimate of drug-likeness (QED) is 0.800. The van der Waals surface area contributed by atoms with Crippen LogP contribution >= 0.6 is 0 Å². The zero-order valence-corrected chi connectivity index (χ0v) is 15.6. The fourth-order valence-electron chi connectivity index (χ4n) is 3.37. The van der Waals surface area contributed by atoms with E-state index >= 15 is 0 Å². The SMILES string of the molecule is COc1ccc(OC)c(C(=O)N[C@@H]2CN3CCC2CC3)c1.O=C(O)C(F)(F)F. The molecule has 7 nitrogen and oxygen atoms in total. The van der Waals surface area contributed by atoms with Crippen molar-refractivity contribution in [1.82, 2.24) is 10.2 Å². The van der Waals surface area contributed by atoms with Gasteiger partial charge in [-0.1, -0.05) is 0 Å². The van der Waals surface area contributed by atoms with Crippen LogP contribution in [0.5, 0.6) is 11.5 Å². The number of carboxylic acids is 1. The monoisotopic (exact) mass is 404 g/mol. The Kier molecular flexibility index (Phi) is 7.11. The molecule has 10 heteroatoms. The summed E-state index contributed by atoms with van der Waals surface area (Å²) in [6.45, 7) is 3.29. The van der Waals surface area contributed by atoms with Crippen LogP contribution in [0.2, 0.25) is 0 Å². The van der Waals surface area contributed by atoms with Gasteiger partial charge in [-0.3, -0.25) is 4.79 Å². The average molecular weight is 404 g/mol. The fraction of sp³-hybridized carbons (Fsp3) is 0.556. The number of ether oxygens (including phenoxy) is 2. The highest BCUT2D eigenvalue weighted by Gasteiger charge is 2.38. The number of halogens is 3. The number of amides is 1. The molecule has 3 fully saturated rings. The van der Waals surface area contributed by atoms with Crippen LogP contribution in [0.4, 0.5) is 13.2 Å². The summed E-state index contributed by atoms with van der Waals surface area (Å²) in [5.74, 6) is -0.989. The van der Waals surface area contributed by atoms with E-state index in [9.17, 15) is 18.0 Å². The molecule has 3 heterocycles. The molecule has 0 aromatic heterocycles. The van der Waals surface area contributed by atoms with E-state index in [1.807, 2.05) is 0 Å². The molecule has 1 amide bonds. The topological polar surface area (TPSA) is 88.1 Å². The van der Waals surface area contributed by atoms with Gasteiger partial charge in [0.2, 0.25) is 0 Å².